The minimum atomic E-state index is -0.346. The maximum atomic E-state index is 12.9. The van der Waals surface area contributed by atoms with Crippen molar-refractivity contribution in [3.63, 3.8) is 0 Å². The summed E-state index contributed by atoms with van der Waals surface area (Å²) in [5.41, 5.74) is 0.552. The summed E-state index contributed by atoms with van der Waals surface area (Å²) in [4.78, 5) is 0. The molecule has 2 N–H and O–H groups in total. The van der Waals surface area contributed by atoms with E-state index in [0.717, 1.165) is 6.42 Å². The molecule has 1 rings (SSSR count). The quantitative estimate of drug-likeness (QED) is 0.540. The molecule has 17 heavy (non-hydrogen) atoms. The fraction of sp³-hybridized carbons (Fsp3) is 0.385. The van der Waals surface area contributed by atoms with Gasteiger partial charge in [0.25, 0.3) is 0 Å². The Labute approximate surface area is 101 Å². The van der Waals surface area contributed by atoms with Gasteiger partial charge in [-0.05, 0) is 24.6 Å². The van der Waals surface area contributed by atoms with Gasteiger partial charge in [-0.2, -0.15) is 0 Å². The minimum Gasteiger partial charge on any atom is -0.508 e. The summed E-state index contributed by atoms with van der Waals surface area (Å²) in [5.74, 6) is -0.242. The summed E-state index contributed by atoms with van der Waals surface area (Å²) < 4.78 is 18.2. The van der Waals surface area contributed by atoms with Crippen molar-refractivity contribution in [2.45, 2.75) is 13.0 Å². The van der Waals surface area contributed by atoms with Crippen molar-refractivity contribution < 1.29 is 14.2 Å². The molecule has 0 radical (unpaired) electrons. The third-order valence-electron chi connectivity index (χ3n) is 2.25. The van der Waals surface area contributed by atoms with E-state index >= 15 is 0 Å². The van der Waals surface area contributed by atoms with Crippen LogP contribution in [-0.4, -0.2) is 24.9 Å². The molecular weight excluding hydrogens is 221 g/mol. The molecule has 0 aliphatic heterocycles. The van der Waals surface area contributed by atoms with Crippen molar-refractivity contribution in [1.82, 2.24) is 5.32 Å². The first-order chi connectivity index (χ1) is 8.24. The number of aromatic hydroxyl groups is 1. The van der Waals surface area contributed by atoms with Gasteiger partial charge in [-0.3, -0.25) is 0 Å². The molecule has 0 aliphatic carbocycles. The van der Waals surface area contributed by atoms with Crippen molar-refractivity contribution in [2.75, 3.05) is 19.8 Å². The molecule has 0 spiro atoms. The Balaban J connectivity index is 2.17. The largest absolute Gasteiger partial charge is 0.508 e. The second-order valence-electron chi connectivity index (χ2n) is 3.64. The second kappa shape index (κ2) is 7.81. The van der Waals surface area contributed by atoms with Crippen molar-refractivity contribution in [2.24, 2.45) is 0 Å². The number of halogens is 1. The smallest absolute Gasteiger partial charge is 0.123 e. The zero-order valence-corrected chi connectivity index (χ0v) is 9.79. The lowest BCUT2D eigenvalue weighted by Gasteiger charge is -2.07. The zero-order chi connectivity index (χ0) is 12.5. The summed E-state index contributed by atoms with van der Waals surface area (Å²) in [7, 11) is 0. The highest BCUT2D eigenvalue weighted by atomic mass is 19.1. The van der Waals surface area contributed by atoms with Crippen LogP contribution in [0.5, 0.6) is 5.75 Å². The molecule has 4 heteroatoms. The average Bonchev–Trinajstić information content (AvgIpc) is 2.32. The fourth-order valence-electron chi connectivity index (χ4n) is 1.33. The SMILES string of the molecule is C=CCCOCCNCc1cc(F)ccc1O. The molecule has 0 aromatic heterocycles. The maximum Gasteiger partial charge on any atom is 0.123 e. The van der Waals surface area contributed by atoms with Gasteiger partial charge >= 0.3 is 0 Å². The molecule has 3 nitrogen and oxygen atoms in total. The van der Waals surface area contributed by atoms with Crippen LogP contribution < -0.4 is 5.32 Å². The Morgan fingerprint density at radius 1 is 1.41 bits per heavy atom. The van der Waals surface area contributed by atoms with E-state index in [-0.39, 0.29) is 11.6 Å². The first kappa shape index (κ1) is 13.7. The van der Waals surface area contributed by atoms with E-state index in [9.17, 15) is 9.50 Å². The monoisotopic (exact) mass is 239 g/mol. The topological polar surface area (TPSA) is 41.5 Å². The molecule has 1 aromatic carbocycles. The van der Waals surface area contributed by atoms with Crippen LogP contribution in [0.2, 0.25) is 0 Å². The predicted octanol–water partition coefficient (Wildman–Crippen LogP) is 2.21. The Hall–Kier alpha value is -1.39. The summed E-state index contributed by atoms with van der Waals surface area (Å²) in [6.07, 6.45) is 2.64. The number of hydrogen-bond acceptors (Lipinski definition) is 3. The van der Waals surface area contributed by atoms with Gasteiger partial charge in [0.1, 0.15) is 11.6 Å². The van der Waals surface area contributed by atoms with Gasteiger partial charge in [-0.1, -0.05) is 6.08 Å². The van der Waals surface area contributed by atoms with Crippen LogP contribution in [0.4, 0.5) is 4.39 Å². The summed E-state index contributed by atoms with van der Waals surface area (Å²) >= 11 is 0. The molecule has 0 heterocycles. The summed E-state index contributed by atoms with van der Waals surface area (Å²) in [6.45, 7) is 5.93. The first-order valence-corrected chi connectivity index (χ1v) is 5.61. The van der Waals surface area contributed by atoms with Gasteiger partial charge < -0.3 is 15.2 Å². The number of benzene rings is 1. The maximum absolute atomic E-state index is 12.9. The number of rotatable bonds is 8. The van der Waals surface area contributed by atoms with Crippen LogP contribution in [-0.2, 0) is 11.3 Å². The fourth-order valence-corrected chi connectivity index (χ4v) is 1.33. The predicted molar refractivity (Wildman–Crippen MR) is 65.4 cm³/mol. The van der Waals surface area contributed by atoms with Gasteiger partial charge in [0.05, 0.1) is 13.2 Å². The molecule has 94 valence electrons. The normalized spacial score (nSPS) is 10.4. The van der Waals surface area contributed by atoms with Gasteiger partial charge in [-0.15, -0.1) is 6.58 Å². The van der Waals surface area contributed by atoms with Crippen molar-refractivity contribution in [3.8, 4) is 5.75 Å². The van der Waals surface area contributed by atoms with Gasteiger partial charge in [0, 0.05) is 18.7 Å². The van der Waals surface area contributed by atoms with E-state index in [4.69, 9.17) is 4.74 Å². The lowest BCUT2D eigenvalue weighted by atomic mass is 10.2. The van der Waals surface area contributed by atoms with Crippen molar-refractivity contribution >= 4 is 0 Å². The Morgan fingerprint density at radius 2 is 2.24 bits per heavy atom. The molecule has 0 fully saturated rings. The first-order valence-electron chi connectivity index (χ1n) is 5.61. The summed E-state index contributed by atoms with van der Waals surface area (Å²) in [5, 5.41) is 12.5. The molecule has 0 aliphatic rings. The van der Waals surface area contributed by atoms with E-state index in [1.165, 1.54) is 18.2 Å². The van der Waals surface area contributed by atoms with E-state index in [1.54, 1.807) is 6.08 Å². The third-order valence-corrected chi connectivity index (χ3v) is 2.25. The number of phenolic OH excluding ortho intramolecular Hbond substituents is 1. The van der Waals surface area contributed by atoms with Gasteiger partial charge in [0.2, 0.25) is 0 Å². The standard InChI is InChI=1S/C13H18FNO2/c1-2-3-7-17-8-6-15-10-11-9-12(14)4-5-13(11)16/h2,4-5,9,15-16H,1,3,6-8,10H2. The van der Waals surface area contributed by atoms with E-state index in [2.05, 4.69) is 11.9 Å². The van der Waals surface area contributed by atoms with Crippen LogP contribution in [0.1, 0.15) is 12.0 Å². The van der Waals surface area contributed by atoms with Gasteiger partial charge in [0.15, 0.2) is 0 Å². The van der Waals surface area contributed by atoms with E-state index < -0.39 is 0 Å². The van der Waals surface area contributed by atoms with Gasteiger partial charge in [-0.25, -0.2) is 4.39 Å². The van der Waals surface area contributed by atoms with Crippen LogP contribution in [0.3, 0.4) is 0 Å². The average molecular weight is 239 g/mol. The highest BCUT2D eigenvalue weighted by Crippen LogP contribution is 2.17. The molecule has 0 unspecified atom stereocenters. The number of phenols is 1. The molecule has 0 bridgehead atoms. The third kappa shape index (κ3) is 5.47. The molecular formula is C13H18FNO2. The van der Waals surface area contributed by atoms with Crippen molar-refractivity contribution in [1.29, 1.82) is 0 Å². The number of hydrogen-bond donors (Lipinski definition) is 2. The Kier molecular flexibility index (Phi) is 6.29. The number of nitrogens with one attached hydrogen (secondary N) is 1. The molecule has 0 atom stereocenters. The van der Waals surface area contributed by atoms with E-state index in [0.29, 0.717) is 31.9 Å². The lowest BCUT2D eigenvalue weighted by molar-refractivity contribution is 0.140. The Bertz CT molecular complexity index is 355. The summed E-state index contributed by atoms with van der Waals surface area (Å²) in [6, 6.07) is 3.91. The highest BCUT2D eigenvalue weighted by Gasteiger charge is 2.01. The highest BCUT2D eigenvalue weighted by molar-refractivity contribution is 5.32. The minimum absolute atomic E-state index is 0.103. The van der Waals surface area contributed by atoms with Crippen LogP contribution in [0.15, 0.2) is 30.9 Å². The second-order valence-corrected chi connectivity index (χ2v) is 3.64. The molecule has 0 amide bonds. The van der Waals surface area contributed by atoms with Crippen LogP contribution >= 0.6 is 0 Å². The molecule has 1 aromatic rings. The number of ether oxygens (including phenoxy) is 1. The Morgan fingerprint density at radius 3 is 3.00 bits per heavy atom. The van der Waals surface area contributed by atoms with Crippen LogP contribution in [0, 0.1) is 5.82 Å². The van der Waals surface area contributed by atoms with Crippen molar-refractivity contribution in [3.05, 3.63) is 42.2 Å². The van der Waals surface area contributed by atoms with E-state index in [1.807, 2.05) is 0 Å². The molecule has 0 saturated heterocycles. The zero-order valence-electron chi connectivity index (χ0n) is 9.79. The van der Waals surface area contributed by atoms with Crippen LogP contribution in [0.25, 0.3) is 0 Å². The lowest BCUT2D eigenvalue weighted by Crippen LogP contribution is -2.19. The molecule has 0 saturated carbocycles.